The molecule has 0 atom stereocenters. The topological polar surface area (TPSA) is 26.3 Å². The summed E-state index contributed by atoms with van der Waals surface area (Å²) in [6, 6.07) is 0. The van der Waals surface area contributed by atoms with Crippen LogP contribution < -0.4 is 0 Å². The zero-order chi connectivity index (χ0) is 58.3. The highest BCUT2D eigenvalue weighted by Gasteiger charge is 2.58. The van der Waals surface area contributed by atoms with E-state index < -0.39 is 0 Å². The van der Waals surface area contributed by atoms with Crippen LogP contribution in [0.2, 0.25) is 0 Å². The summed E-state index contributed by atoms with van der Waals surface area (Å²) in [5.74, 6) is 11.0. The molecular formula is C68H144O2S. The second-order valence-corrected chi connectivity index (χ2v) is 38.2. The van der Waals surface area contributed by atoms with Gasteiger partial charge in [0.05, 0.1) is 11.2 Å². The summed E-state index contributed by atoms with van der Waals surface area (Å²) in [6.07, 6.45) is 8.69. The average molecular weight is 1030 g/mol. The van der Waals surface area contributed by atoms with Gasteiger partial charge < -0.3 is 4.74 Å². The number of allylic oxidation sites excluding steroid dienone is 2. The van der Waals surface area contributed by atoms with Crippen LogP contribution >= 0.6 is 10.5 Å². The molecule has 0 amide bonds. The van der Waals surface area contributed by atoms with E-state index in [0.717, 1.165) is 0 Å². The minimum Gasteiger partial charge on any atom is -0.370 e. The van der Waals surface area contributed by atoms with E-state index in [9.17, 15) is 4.79 Å². The maximum atomic E-state index is 11.5. The molecule has 1 aliphatic carbocycles. The van der Waals surface area contributed by atoms with Crippen molar-refractivity contribution in [3.63, 3.8) is 0 Å². The van der Waals surface area contributed by atoms with Crippen LogP contribution in [-0.2, 0) is 9.53 Å². The van der Waals surface area contributed by atoms with E-state index >= 15 is 0 Å². The molecule has 0 aliphatic heterocycles. The molecule has 0 heterocycles. The van der Waals surface area contributed by atoms with E-state index in [1.807, 2.05) is 41.5 Å². The first-order chi connectivity index (χ1) is 28.8. The first-order valence-electron chi connectivity index (χ1n) is 26.9. The Hall–Kier alpha value is -0.850. The largest absolute Gasteiger partial charge is 0.370 e. The Morgan fingerprint density at radius 2 is 0.648 bits per heavy atom. The number of rotatable bonds is 0. The summed E-state index contributed by atoms with van der Waals surface area (Å²) in [7, 11) is 0.245. The molecule has 434 valence electrons. The van der Waals surface area contributed by atoms with Crippen molar-refractivity contribution in [3.05, 3.63) is 12.2 Å². The molecule has 0 unspecified atom stereocenters. The highest BCUT2D eigenvalue weighted by molar-refractivity contribution is 8.16. The van der Waals surface area contributed by atoms with Crippen molar-refractivity contribution in [1.29, 1.82) is 0 Å². The van der Waals surface area contributed by atoms with Crippen LogP contribution in [0.4, 0.5) is 0 Å². The summed E-state index contributed by atoms with van der Waals surface area (Å²) < 4.78 is 6.34. The molecule has 0 bridgehead atoms. The van der Waals surface area contributed by atoms with Crippen molar-refractivity contribution in [1.82, 2.24) is 0 Å². The van der Waals surface area contributed by atoms with E-state index in [0.29, 0.717) is 53.2 Å². The molecule has 2 nitrogen and oxygen atoms in total. The standard InChI is InChI=1S/C11H22.C10H20.C10H18.C9H18O.C9H20S.C9H20.C8H18O.2CH4/c1-9(2,3)11(7-8-11)10(4,5)6;2*1-9(2,3)7-8-10(4,5)6;1-8(2,3)7(10)9(4,5)6;1-8(2,3)10(7)9(4,5)6;1-8(2,3)7-9(4,5)6;1-7(2,3)9-8(4,5)6;;/h7-8H2,1-6H3;7-8H,1-6H3;2*1-6H3;7H2,1-6H3;7H2,1-6H3;1-6H3;2*1H4. The summed E-state index contributed by atoms with van der Waals surface area (Å²) in [5.41, 5.74) is 3.10. The third-order valence-corrected chi connectivity index (χ3v) is 13.0. The Kier molecular flexibility index (Phi) is 36.9. The van der Waals surface area contributed by atoms with Gasteiger partial charge >= 0.3 is 0 Å². The zero-order valence-corrected chi connectivity index (χ0v) is 57.0. The van der Waals surface area contributed by atoms with Crippen LogP contribution in [0.15, 0.2) is 12.2 Å². The van der Waals surface area contributed by atoms with Crippen LogP contribution in [0.25, 0.3) is 0 Å². The van der Waals surface area contributed by atoms with Gasteiger partial charge in [-0.1, -0.05) is 252 Å². The van der Waals surface area contributed by atoms with Gasteiger partial charge in [-0.25, -0.2) is 0 Å². The highest BCUT2D eigenvalue weighted by atomic mass is 32.2. The SMILES string of the molecule is C.C.C=S(C(C)(C)C)C(C)(C)C.CC(C)(C)C#CC(C)(C)C.CC(C)(C)C(=O)C(C)(C)C.CC(C)(C)C1(C(C)(C)C)CC1.CC(C)(C)C=CC(C)(C)C.CC(C)(C)CC(C)(C)C.CC(C)(C)OC(C)(C)C. The molecule has 1 rings (SSSR count). The van der Waals surface area contributed by atoms with Crippen LogP contribution in [0, 0.1) is 71.4 Å². The first kappa shape index (κ1) is 86.8. The molecule has 0 spiro atoms. The van der Waals surface area contributed by atoms with Crippen LogP contribution in [0.1, 0.15) is 325 Å². The van der Waals surface area contributed by atoms with Crippen molar-refractivity contribution < 1.29 is 9.53 Å². The molecular weight excluding hydrogens is 881 g/mol. The lowest BCUT2D eigenvalue weighted by Gasteiger charge is -2.41. The summed E-state index contributed by atoms with van der Waals surface area (Å²) in [6.45, 7) is 91.8. The predicted octanol–water partition coefficient (Wildman–Crippen LogP) is 23.8. The molecule has 0 aromatic carbocycles. The van der Waals surface area contributed by atoms with Crippen LogP contribution in [0.5, 0.6) is 0 Å². The Morgan fingerprint density at radius 1 is 0.437 bits per heavy atom. The normalized spacial score (nSPS) is 14.9. The lowest BCUT2D eigenvalue weighted by Crippen LogP contribution is -2.34. The van der Waals surface area contributed by atoms with Gasteiger partial charge in [-0.2, -0.15) is 10.5 Å². The lowest BCUT2D eigenvalue weighted by atomic mass is 9.63. The number of carbonyl (C=O) groups is 1. The van der Waals surface area contributed by atoms with E-state index in [-0.39, 0.29) is 58.2 Å². The fraction of sp³-hybridized carbons (Fsp3) is 0.912. The summed E-state index contributed by atoms with van der Waals surface area (Å²) in [4.78, 5) is 11.5. The summed E-state index contributed by atoms with van der Waals surface area (Å²) in [5, 5.41) is 0. The Morgan fingerprint density at radius 3 is 0.676 bits per heavy atom. The molecule has 0 saturated heterocycles. The summed E-state index contributed by atoms with van der Waals surface area (Å²) >= 11 is 0. The maximum absolute atomic E-state index is 11.5. The quantitative estimate of drug-likeness (QED) is 0.137. The predicted molar refractivity (Wildman–Crippen MR) is 341 cm³/mol. The number of hydrogen-bond acceptors (Lipinski definition) is 2. The first-order valence-corrected chi connectivity index (χ1v) is 28.3. The monoisotopic (exact) mass is 1030 g/mol. The van der Waals surface area contributed by atoms with E-state index in [2.05, 4.69) is 279 Å². The van der Waals surface area contributed by atoms with Gasteiger partial charge in [0.15, 0.2) is 0 Å². The number of ketones is 1. The number of Topliss-reactive ketones (excluding diaryl/α,β-unsaturated/α-hetero) is 1. The van der Waals surface area contributed by atoms with Crippen molar-refractivity contribution in [2.24, 2.45) is 59.6 Å². The van der Waals surface area contributed by atoms with Gasteiger partial charge in [0, 0.05) is 31.2 Å². The second-order valence-electron chi connectivity index (χ2n) is 35.0. The smallest absolute Gasteiger partial charge is 0.143 e. The fourth-order valence-electron chi connectivity index (χ4n) is 8.18. The van der Waals surface area contributed by atoms with Gasteiger partial charge in [-0.05, 0) is 140 Å². The molecule has 0 aromatic rings. The molecule has 1 fully saturated rings. The fourth-order valence-corrected chi connectivity index (χ4v) is 10.0. The molecule has 71 heavy (non-hydrogen) atoms. The van der Waals surface area contributed by atoms with Gasteiger partial charge in [0.25, 0.3) is 0 Å². The maximum Gasteiger partial charge on any atom is 0.143 e. The van der Waals surface area contributed by atoms with Crippen molar-refractivity contribution in [3.8, 4) is 11.8 Å². The molecule has 1 saturated carbocycles. The molecule has 0 radical (unpaired) electrons. The van der Waals surface area contributed by atoms with Crippen molar-refractivity contribution in [2.45, 2.75) is 346 Å². The lowest BCUT2D eigenvalue weighted by molar-refractivity contribution is -0.134. The van der Waals surface area contributed by atoms with E-state index in [1.165, 1.54) is 19.3 Å². The average Bonchev–Trinajstić information content (AvgIpc) is 3.77. The number of carbonyl (C=O) groups excluding carboxylic acids is 1. The molecule has 1 aliphatic rings. The van der Waals surface area contributed by atoms with Crippen LogP contribution in [0.3, 0.4) is 0 Å². The number of ether oxygens (including phenoxy) is 1. The Bertz CT molecular complexity index is 1340. The van der Waals surface area contributed by atoms with Gasteiger partial charge in [0.1, 0.15) is 5.78 Å². The van der Waals surface area contributed by atoms with Crippen LogP contribution in [-0.4, -0.2) is 32.3 Å². The van der Waals surface area contributed by atoms with E-state index in [4.69, 9.17) is 4.74 Å². The Balaban J connectivity index is -0.000000108. The minimum absolute atomic E-state index is 0. The van der Waals surface area contributed by atoms with Crippen molar-refractivity contribution in [2.75, 3.05) is 0 Å². The minimum atomic E-state index is -0.196. The highest BCUT2D eigenvalue weighted by Crippen LogP contribution is 2.67. The zero-order valence-electron chi connectivity index (χ0n) is 56.2. The molecule has 0 aromatic heterocycles. The Labute approximate surface area is 458 Å². The van der Waals surface area contributed by atoms with Gasteiger partial charge in [-0.15, -0.1) is 0 Å². The third kappa shape index (κ3) is 59.9. The van der Waals surface area contributed by atoms with Gasteiger partial charge in [0.2, 0.25) is 0 Å². The molecule has 0 N–H and O–H groups in total. The van der Waals surface area contributed by atoms with Gasteiger partial charge in [-0.3, -0.25) is 4.79 Å². The number of hydrogen-bond donors (Lipinski definition) is 0. The second kappa shape index (κ2) is 30.2. The molecule has 3 heteroatoms. The van der Waals surface area contributed by atoms with Crippen molar-refractivity contribution >= 4 is 22.1 Å². The third-order valence-electron chi connectivity index (χ3n) is 10.0. The van der Waals surface area contributed by atoms with E-state index in [1.54, 1.807) is 0 Å².